The Morgan fingerprint density at radius 2 is 1.95 bits per heavy atom. The van der Waals surface area contributed by atoms with E-state index in [-0.39, 0.29) is 0 Å². The summed E-state index contributed by atoms with van der Waals surface area (Å²) in [6, 6.07) is 0. The molecule has 1 aliphatic rings. The highest BCUT2D eigenvalue weighted by molar-refractivity contribution is 5.48. The zero-order valence-corrected chi connectivity index (χ0v) is 13.2. The molecule has 0 amide bonds. The zero-order valence-electron chi connectivity index (χ0n) is 13.2. The Bertz CT molecular complexity index is 435. The van der Waals surface area contributed by atoms with Crippen LogP contribution in [0.25, 0.3) is 0 Å². The van der Waals surface area contributed by atoms with Crippen molar-refractivity contribution in [2.45, 2.75) is 65.9 Å². The van der Waals surface area contributed by atoms with Gasteiger partial charge < -0.3 is 10.1 Å². The van der Waals surface area contributed by atoms with Crippen LogP contribution in [0, 0.1) is 5.41 Å². The molecule has 4 nitrogen and oxygen atoms in total. The SMILES string of the molecule is CCNc1ncnc(OC2CCC(C)(C)CC2)c1CC. The molecule has 1 aromatic rings. The number of nitrogens with one attached hydrogen (secondary N) is 1. The van der Waals surface area contributed by atoms with Gasteiger partial charge in [0, 0.05) is 6.54 Å². The van der Waals surface area contributed by atoms with Crippen LogP contribution in [0.4, 0.5) is 5.82 Å². The van der Waals surface area contributed by atoms with E-state index >= 15 is 0 Å². The minimum Gasteiger partial charge on any atom is -0.474 e. The number of aromatic nitrogens is 2. The molecule has 1 N–H and O–H groups in total. The summed E-state index contributed by atoms with van der Waals surface area (Å²) in [4.78, 5) is 8.66. The van der Waals surface area contributed by atoms with Crippen molar-refractivity contribution in [1.29, 1.82) is 0 Å². The quantitative estimate of drug-likeness (QED) is 0.889. The molecule has 112 valence electrons. The highest BCUT2D eigenvalue weighted by Gasteiger charge is 2.28. The summed E-state index contributed by atoms with van der Waals surface area (Å²) in [6.45, 7) is 9.74. The number of rotatable bonds is 5. The van der Waals surface area contributed by atoms with Gasteiger partial charge >= 0.3 is 0 Å². The van der Waals surface area contributed by atoms with Gasteiger partial charge in [-0.2, -0.15) is 0 Å². The Hall–Kier alpha value is -1.32. The van der Waals surface area contributed by atoms with Crippen LogP contribution in [-0.2, 0) is 6.42 Å². The topological polar surface area (TPSA) is 47.0 Å². The van der Waals surface area contributed by atoms with Gasteiger partial charge in [0.05, 0.1) is 5.56 Å². The molecule has 0 atom stereocenters. The Morgan fingerprint density at radius 3 is 2.55 bits per heavy atom. The van der Waals surface area contributed by atoms with Gasteiger partial charge in [-0.1, -0.05) is 20.8 Å². The Balaban J connectivity index is 2.07. The second-order valence-electron chi connectivity index (χ2n) is 6.37. The summed E-state index contributed by atoms with van der Waals surface area (Å²) in [5, 5.41) is 3.29. The van der Waals surface area contributed by atoms with Gasteiger partial charge in [-0.05, 0) is 44.4 Å². The van der Waals surface area contributed by atoms with Crippen molar-refractivity contribution < 1.29 is 4.74 Å². The fraction of sp³-hybridized carbons (Fsp3) is 0.750. The first-order chi connectivity index (χ1) is 9.55. The van der Waals surface area contributed by atoms with Gasteiger partial charge in [0.25, 0.3) is 0 Å². The predicted molar refractivity (Wildman–Crippen MR) is 82.2 cm³/mol. The number of ether oxygens (including phenoxy) is 1. The van der Waals surface area contributed by atoms with E-state index < -0.39 is 0 Å². The van der Waals surface area contributed by atoms with Crippen molar-refractivity contribution >= 4 is 5.82 Å². The lowest BCUT2D eigenvalue weighted by atomic mass is 9.76. The van der Waals surface area contributed by atoms with E-state index in [0.29, 0.717) is 11.5 Å². The van der Waals surface area contributed by atoms with Gasteiger partial charge in [0.1, 0.15) is 18.2 Å². The first-order valence-electron chi connectivity index (χ1n) is 7.80. The molecule has 0 aromatic carbocycles. The Kier molecular flexibility index (Phi) is 4.84. The van der Waals surface area contributed by atoms with Crippen molar-refractivity contribution in [3.63, 3.8) is 0 Å². The number of hydrogen-bond acceptors (Lipinski definition) is 4. The molecular formula is C16H27N3O. The van der Waals surface area contributed by atoms with Crippen molar-refractivity contribution in [2.24, 2.45) is 5.41 Å². The summed E-state index contributed by atoms with van der Waals surface area (Å²) >= 11 is 0. The lowest BCUT2D eigenvalue weighted by Gasteiger charge is -2.34. The van der Waals surface area contributed by atoms with Crippen LogP contribution in [0.1, 0.15) is 58.9 Å². The number of anilines is 1. The summed E-state index contributed by atoms with van der Waals surface area (Å²) in [6.07, 6.45) is 7.48. The first kappa shape index (κ1) is 15.1. The second-order valence-corrected chi connectivity index (χ2v) is 6.37. The Morgan fingerprint density at radius 1 is 1.25 bits per heavy atom. The summed E-state index contributed by atoms with van der Waals surface area (Å²) in [7, 11) is 0. The van der Waals surface area contributed by atoms with Crippen molar-refractivity contribution in [1.82, 2.24) is 9.97 Å². The van der Waals surface area contributed by atoms with Crippen LogP contribution in [0.5, 0.6) is 5.88 Å². The number of hydrogen-bond donors (Lipinski definition) is 1. The third-order valence-electron chi connectivity index (χ3n) is 4.17. The third kappa shape index (κ3) is 3.62. The summed E-state index contributed by atoms with van der Waals surface area (Å²) in [5.41, 5.74) is 1.56. The fourth-order valence-electron chi connectivity index (χ4n) is 2.78. The maximum absolute atomic E-state index is 6.17. The van der Waals surface area contributed by atoms with E-state index in [1.807, 2.05) is 0 Å². The van der Waals surface area contributed by atoms with Gasteiger partial charge in [0.2, 0.25) is 5.88 Å². The minimum atomic E-state index is 0.303. The van der Waals surface area contributed by atoms with Crippen LogP contribution >= 0.6 is 0 Å². The van der Waals surface area contributed by atoms with Crippen LogP contribution in [-0.4, -0.2) is 22.6 Å². The average molecular weight is 277 g/mol. The van der Waals surface area contributed by atoms with Crippen LogP contribution in [0.2, 0.25) is 0 Å². The highest BCUT2D eigenvalue weighted by Crippen LogP contribution is 2.37. The summed E-state index contributed by atoms with van der Waals surface area (Å²) in [5.74, 6) is 1.68. The molecule has 1 fully saturated rings. The lowest BCUT2D eigenvalue weighted by Crippen LogP contribution is -2.29. The van der Waals surface area contributed by atoms with Gasteiger partial charge in [0.15, 0.2) is 0 Å². The van der Waals surface area contributed by atoms with E-state index in [1.165, 1.54) is 12.8 Å². The molecule has 20 heavy (non-hydrogen) atoms. The maximum Gasteiger partial charge on any atom is 0.222 e. The molecule has 0 bridgehead atoms. The predicted octanol–water partition coefficient (Wildman–Crippen LogP) is 3.82. The second kappa shape index (κ2) is 6.42. The van der Waals surface area contributed by atoms with Crippen LogP contribution in [0.15, 0.2) is 6.33 Å². The molecular weight excluding hydrogens is 250 g/mol. The van der Waals surface area contributed by atoms with E-state index in [4.69, 9.17) is 4.74 Å². The maximum atomic E-state index is 6.17. The largest absolute Gasteiger partial charge is 0.474 e. The molecule has 4 heteroatoms. The van der Waals surface area contributed by atoms with E-state index in [0.717, 1.165) is 43.1 Å². The first-order valence-corrected chi connectivity index (χ1v) is 7.80. The molecule has 0 aliphatic heterocycles. The molecule has 1 aromatic heterocycles. The standard InChI is InChI=1S/C16H27N3O/c1-5-13-14(17-6-2)18-11-19-15(13)20-12-7-9-16(3,4)10-8-12/h11-12H,5-10H2,1-4H3,(H,17,18,19). The van der Waals surface area contributed by atoms with E-state index in [2.05, 4.69) is 43.0 Å². The van der Waals surface area contributed by atoms with Crippen LogP contribution in [0.3, 0.4) is 0 Å². The lowest BCUT2D eigenvalue weighted by molar-refractivity contribution is 0.0939. The molecule has 0 radical (unpaired) electrons. The molecule has 1 saturated carbocycles. The minimum absolute atomic E-state index is 0.303. The van der Waals surface area contributed by atoms with Crippen molar-refractivity contribution in [3.05, 3.63) is 11.9 Å². The van der Waals surface area contributed by atoms with E-state index in [9.17, 15) is 0 Å². The monoisotopic (exact) mass is 277 g/mol. The Labute approximate surface area is 122 Å². The fourth-order valence-corrected chi connectivity index (χ4v) is 2.78. The molecule has 1 aliphatic carbocycles. The molecule has 0 saturated heterocycles. The highest BCUT2D eigenvalue weighted by atomic mass is 16.5. The van der Waals surface area contributed by atoms with Crippen molar-refractivity contribution in [2.75, 3.05) is 11.9 Å². The van der Waals surface area contributed by atoms with Crippen molar-refractivity contribution in [3.8, 4) is 5.88 Å². The van der Waals surface area contributed by atoms with Gasteiger partial charge in [-0.25, -0.2) is 9.97 Å². The normalized spacial score (nSPS) is 18.8. The van der Waals surface area contributed by atoms with Crippen LogP contribution < -0.4 is 10.1 Å². The molecule has 1 heterocycles. The smallest absolute Gasteiger partial charge is 0.222 e. The molecule has 2 rings (SSSR count). The molecule has 0 spiro atoms. The summed E-state index contributed by atoms with van der Waals surface area (Å²) < 4.78 is 6.17. The zero-order chi connectivity index (χ0) is 14.6. The van der Waals surface area contributed by atoms with Gasteiger partial charge in [-0.15, -0.1) is 0 Å². The number of nitrogens with zero attached hydrogens (tertiary/aromatic N) is 2. The van der Waals surface area contributed by atoms with E-state index in [1.54, 1.807) is 6.33 Å². The third-order valence-corrected chi connectivity index (χ3v) is 4.17. The molecule has 0 unspecified atom stereocenters. The average Bonchev–Trinajstić information content (AvgIpc) is 2.42. The van der Waals surface area contributed by atoms with Gasteiger partial charge in [-0.3, -0.25) is 0 Å².